The Kier molecular flexibility index (Phi) is 3.05. The summed E-state index contributed by atoms with van der Waals surface area (Å²) in [5.41, 5.74) is -0.0544. The number of ether oxygens (including phenoxy) is 1. The predicted molar refractivity (Wildman–Crippen MR) is 51.5 cm³/mol. The van der Waals surface area contributed by atoms with Crippen LogP contribution in [0.2, 0.25) is 6.55 Å². The second-order valence-corrected chi connectivity index (χ2v) is 5.24. The van der Waals surface area contributed by atoms with Crippen molar-refractivity contribution in [3.05, 3.63) is 30.3 Å². The number of carbonyl (C=O) groups is 1. The second kappa shape index (κ2) is 4.06. The molecule has 0 aliphatic carbocycles. The van der Waals surface area contributed by atoms with E-state index >= 15 is 0 Å². The van der Waals surface area contributed by atoms with Crippen molar-refractivity contribution < 1.29 is 9.53 Å². The van der Waals surface area contributed by atoms with E-state index in [-0.39, 0.29) is 5.59 Å². The van der Waals surface area contributed by atoms with Crippen molar-refractivity contribution in [1.29, 1.82) is 0 Å². The normalized spacial score (nSPS) is 12.2. The first kappa shape index (κ1) is 9.00. The molecule has 0 saturated carbocycles. The van der Waals surface area contributed by atoms with Crippen molar-refractivity contribution >= 4 is 19.6 Å². The summed E-state index contributed by atoms with van der Waals surface area (Å²) >= 11 is 0. The van der Waals surface area contributed by atoms with Gasteiger partial charge in [-0.3, -0.25) is 4.79 Å². The van der Waals surface area contributed by atoms with Crippen molar-refractivity contribution in [3.8, 4) is 0 Å². The summed E-state index contributed by atoms with van der Waals surface area (Å²) in [6.45, 7) is 1.97. The maximum Gasteiger partial charge on any atom is 0.272 e. The van der Waals surface area contributed by atoms with Crippen molar-refractivity contribution in [3.63, 3.8) is 0 Å². The zero-order valence-electron chi connectivity index (χ0n) is 7.28. The monoisotopic (exact) mass is 180 g/mol. The van der Waals surface area contributed by atoms with Gasteiger partial charge in [0, 0.05) is 0 Å². The molecule has 1 unspecified atom stereocenters. The second-order valence-electron chi connectivity index (χ2n) is 2.66. The van der Waals surface area contributed by atoms with Gasteiger partial charge in [-0.05, 0) is 0 Å². The molecular formula is C9H12O2Si. The largest absolute Gasteiger partial charge is 0.473 e. The van der Waals surface area contributed by atoms with Crippen LogP contribution >= 0.6 is 0 Å². The van der Waals surface area contributed by atoms with Crippen LogP contribution in [0.5, 0.6) is 0 Å². The minimum Gasteiger partial charge on any atom is -0.473 e. The number of methoxy groups -OCH3 is 1. The molecule has 12 heavy (non-hydrogen) atoms. The van der Waals surface area contributed by atoms with E-state index in [9.17, 15) is 4.79 Å². The summed E-state index contributed by atoms with van der Waals surface area (Å²) in [6.07, 6.45) is 0. The first-order valence-corrected chi connectivity index (χ1v) is 6.19. The number of hydrogen-bond acceptors (Lipinski definition) is 2. The third kappa shape index (κ3) is 1.95. The average molecular weight is 180 g/mol. The maximum absolute atomic E-state index is 11.2. The van der Waals surface area contributed by atoms with E-state index in [1.165, 1.54) is 7.11 Å². The average Bonchev–Trinajstić information content (AvgIpc) is 2.17. The Bertz CT molecular complexity index is 258. The van der Waals surface area contributed by atoms with E-state index in [1.807, 2.05) is 36.9 Å². The summed E-state index contributed by atoms with van der Waals surface area (Å²) in [4.78, 5) is 11.2. The minimum atomic E-state index is -1.52. The number of rotatable bonds is 2. The minimum absolute atomic E-state index is 0.0544. The number of hydrogen-bond donors (Lipinski definition) is 0. The first-order valence-electron chi connectivity index (χ1n) is 3.88. The molecule has 0 spiro atoms. The molecule has 64 valence electrons. The Labute approximate surface area is 73.8 Å². The Morgan fingerprint density at radius 1 is 1.33 bits per heavy atom. The highest BCUT2D eigenvalue weighted by molar-refractivity contribution is 6.97. The highest BCUT2D eigenvalue weighted by atomic mass is 28.3. The van der Waals surface area contributed by atoms with Crippen LogP contribution in [0.15, 0.2) is 30.3 Å². The number of carbonyl (C=O) groups excluding carboxylic acids is 1. The lowest BCUT2D eigenvalue weighted by atomic mass is 10.4. The molecule has 1 atom stereocenters. The summed E-state index contributed by atoms with van der Waals surface area (Å²) in [5.74, 6) is 0. The van der Waals surface area contributed by atoms with Gasteiger partial charge < -0.3 is 4.74 Å². The van der Waals surface area contributed by atoms with E-state index in [0.29, 0.717) is 0 Å². The fourth-order valence-electron chi connectivity index (χ4n) is 1.05. The van der Waals surface area contributed by atoms with Gasteiger partial charge in [-0.15, -0.1) is 0 Å². The molecule has 0 amide bonds. The molecule has 3 heteroatoms. The lowest BCUT2D eigenvalue weighted by Gasteiger charge is -2.06. The van der Waals surface area contributed by atoms with Gasteiger partial charge in [0.05, 0.1) is 7.11 Å². The Balaban J connectivity index is 2.78. The van der Waals surface area contributed by atoms with Crippen molar-refractivity contribution in [2.75, 3.05) is 7.11 Å². The fraction of sp³-hybridized carbons (Fsp3) is 0.222. The molecule has 0 aliphatic rings. The van der Waals surface area contributed by atoms with Crippen LogP contribution < -0.4 is 5.19 Å². The van der Waals surface area contributed by atoms with Crippen molar-refractivity contribution in [2.45, 2.75) is 6.55 Å². The third-order valence-corrected chi connectivity index (χ3v) is 4.18. The topological polar surface area (TPSA) is 26.3 Å². The third-order valence-electron chi connectivity index (χ3n) is 1.85. The lowest BCUT2D eigenvalue weighted by Crippen LogP contribution is -2.35. The van der Waals surface area contributed by atoms with E-state index in [1.54, 1.807) is 0 Å². The molecule has 0 saturated heterocycles. The van der Waals surface area contributed by atoms with E-state index < -0.39 is 8.80 Å². The Morgan fingerprint density at radius 2 is 1.92 bits per heavy atom. The summed E-state index contributed by atoms with van der Waals surface area (Å²) in [7, 11) is -0.0765. The molecule has 0 N–H and O–H groups in total. The van der Waals surface area contributed by atoms with Gasteiger partial charge in [-0.2, -0.15) is 0 Å². The van der Waals surface area contributed by atoms with E-state index in [2.05, 4.69) is 4.74 Å². The Morgan fingerprint density at radius 3 is 2.42 bits per heavy atom. The van der Waals surface area contributed by atoms with Gasteiger partial charge in [0.15, 0.2) is 8.80 Å². The van der Waals surface area contributed by atoms with Gasteiger partial charge in [0.2, 0.25) is 0 Å². The van der Waals surface area contributed by atoms with Crippen molar-refractivity contribution in [2.24, 2.45) is 0 Å². The van der Waals surface area contributed by atoms with Gasteiger partial charge in [-0.1, -0.05) is 42.1 Å². The molecule has 0 bridgehead atoms. The molecular weight excluding hydrogens is 168 g/mol. The molecule has 2 nitrogen and oxygen atoms in total. The Hall–Kier alpha value is -1.09. The zero-order chi connectivity index (χ0) is 8.97. The van der Waals surface area contributed by atoms with Crippen LogP contribution in [0.1, 0.15) is 0 Å². The SMILES string of the molecule is COC(=O)[SiH](C)c1ccccc1. The van der Waals surface area contributed by atoms with Crippen molar-refractivity contribution in [1.82, 2.24) is 0 Å². The molecule has 0 aliphatic heterocycles. The molecule has 1 aromatic carbocycles. The van der Waals surface area contributed by atoms with Gasteiger partial charge in [0.1, 0.15) is 0 Å². The van der Waals surface area contributed by atoms with Crippen LogP contribution in [0.4, 0.5) is 4.79 Å². The van der Waals surface area contributed by atoms with Crippen LogP contribution in [-0.2, 0) is 4.74 Å². The van der Waals surface area contributed by atoms with Gasteiger partial charge in [0.25, 0.3) is 5.59 Å². The molecule has 1 rings (SSSR count). The summed E-state index contributed by atoms with van der Waals surface area (Å²) in [6, 6.07) is 9.80. The maximum atomic E-state index is 11.2. The molecule has 0 radical (unpaired) electrons. The van der Waals surface area contributed by atoms with Gasteiger partial charge in [-0.25, -0.2) is 0 Å². The molecule has 0 fully saturated rings. The van der Waals surface area contributed by atoms with E-state index in [4.69, 9.17) is 0 Å². The standard InChI is InChI=1S/C9H12O2Si/c1-11-9(10)12(2)8-6-4-3-5-7-8/h3-7,12H,1-2H3. The zero-order valence-corrected chi connectivity index (χ0v) is 8.44. The quantitative estimate of drug-likeness (QED) is 0.637. The molecule has 0 heterocycles. The lowest BCUT2D eigenvalue weighted by molar-refractivity contribution is 0.197. The van der Waals surface area contributed by atoms with Crippen LogP contribution in [0, 0.1) is 0 Å². The first-order chi connectivity index (χ1) is 5.75. The highest BCUT2D eigenvalue weighted by Gasteiger charge is 2.16. The van der Waals surface area contributed by atoms with Gasteiger partial charge >= 0.3 is 0 Å². The highest BCUT2D eigenvalue weighted by Crippen LogP contribution is 1.91. The fourth-order valence-corrected chi connectivity index (χ4v) is 2.48. The number of benzene rings is 1. The predicted octanol–water partition coefficient (Wildman–Crippen LogP) is 1.10. The molecule has 0 aromatic heterocycles. The smallest absolute Gasteiger partial charge is 0.272 e. The summed E-state index contributed by atoms with van der Waals surface area (Å²) in [5, 5.41) is 1.13. The van der Waals surface area contributed by atoms with Crippen LogP contribution in [-0.4, -0.2) is 21.5 Å². The summed E-state index contributed by atoms with van der Waals surface area (Å²) < 4.78 is 4.69. The van der Waals surface area contributed by atoms with Crippen LogP contribution in [0.3, 0.4) is 0 Å². The molecule has 1 aromatic rings. The van der Waals surface area contributed by atoms with E-state index in [0.717, 1.165) is 5.19 Å². The van der Waals surface area contributed by atoms with Crippen LogP contribution in [0.25, 0.3) is 0 Å².